The van der Waals surface area contributed by atoms with Gasteiger partial charge in [0, 0.05) is 31.7 Å². The predicted octanol–water partition coefficient (Wildman–Crippen LogP) is 3.98. The Hall–Kier alpha value is -2.10. The summed E-state index contributed by atoms with van der Waals surface area (Å²) in [6.07, 6.45) is 11.6. The molecule has 4 nitrogen and oxygen atoms in total. The van der Waals surface area contributed by atoms with Crippen molar-refractivity contribution in [2.45, 2.75) is 56.9 Å². The number of amides is 1. The van der Waals surface area contributed by atoms with E-state index < -0.39 is 0 Å². The number of hydrogen-bond donors (Lipinski definition) is 0. The molecule has 2 atom stereocenters. The lowest BCUT2D eigenvalue weighted by molar-refractivity contribution is -0.135. The van der Waals surface area contributed by atoms with Crippen molar-refractivity contribution in [3.63, 3.8) is 0 Å². The topological polar surface area (TPSA) is 38.1 Å². The van der Waals surface area contributed by atoms with Crippen LogP contribution in [0.1, 0.15) is 67.4 Å². The summed E-state index contributed by atoms with van der Waals surface area (Å²) in [5, 5.41) is 0. The van der Waals surface area contributed by atoms with Crippen LogP contribution in [0.25, 0.3) is 0 Å². The van der Waals surface area contributed by atoms with Crippen molar-refractivity contribution in [3.05, 3.63) is 53.6 Å². The molecular weight excluding hydrogens is 310 g/mol. The molecule has 1 fully saturated rings. The Morgan fingerprint density at radius 1 is 1.12 bits per heavy atom. The van der Waals surface area contributed by atoms with Gasteiger partial charge in [-0.1, -0.05) is 18.9 Å². The molecule has 3 heterocycles. The molecule has 4 rings (SSSR count). The summed E-state index contributed by atoms with van der Waals surface area (Å²) in [6, 6.07) is 8.58. The summed E-state index contributed by atoms with van der Waals surface area (Å²) >= 11 is 0. The van der Waals surface area contributed by atoms with Gasteiger partial charge in [-0.25, -0.2) is 0 Å². The fraction of sp³-hybridized carbons (Fsp3) is 0.524. The third-order valence-corrected chi connectivity index (χ3v) is 5.85. The van der Waals surface area contributed by atoms with Crippen LogP contribution >= 0.6 is 0 Å². The summed E-state index contributed by atoms with van der Waals surface area (Å²) in [4.78, 5) is 20.3. The van der Waals surface area contributed by atoms with Gasteiger partial charge in [-0.15, -0.1) is 0 Å². The SMILES string of the molecule is Cn1cccc1C1CCCCCN1C(=O)C1CCCc2cccnc21. The molecule has 1 saturated heterocycles. The zero-order valence-corrected chi connectivity index (χ0v) is 15.0. The Labute approximate surface area is 149 Å². The van der Waals surface area contributed by atoms with E-state index in [1.54, 1.807) is 0 Å². The predicted molar refractivity (Wildman–Crippen MR) is 98.3 cm³/mol. The standard InChI is InChI=1S/C21H27N3O/c1-23-14-7-12-18(23)19-11-3-2-4-15-24(19)21(25)17-10-5-8-16-9-6-13-22-20(16)17/h6-7,9,12-14,17,19H,2-5,8,10-11,15H2,1H3. The van der Waals surface area contributed by atoms with Crippen molar-refractivity contribution in [2.24, 2.45) is 7.05 Å². The highest BCUT2D eigenvalue weighted by Crippen LogP contribution is 2.36. The van der Waals surface area contributed by atoms with Gasteiger partial charge in [-0.3, -0.25) is 9.78 Å². The van der Waals surface area contributed by atoms with E-state index >= 15 is 0 Å². The van der Waals surface area contributed by atoms with Crippen molar-refractivity contribution in [1.29, 1.82) is 0 Å². The Kier molecular flexibility index (Phi) is 4.60. The molecule has 0 N–H and O–H groups in total. The highest BCUT2D eigenvalue weighted by Gasteiger charge is 2.35. The Morgan fingerprint density at radius 3 is 2.88 bits per heavy atom. The highest BCUT2D eigenvalue weighted by molar-refractivity contribution is 5.84. The summed E-state index contributed by atoms with van der Waals surface area (Å²) in [5.41, 5.74) is 3.54. The minimum atomic E-state index is -0.0641. The second kappa shape index (κ2) is 7.03. The first-order valence-corrected chi connectivity index (χ1v) is 9.61. The molecule has 0 radical (unpaired) electrons. The van der Waals surface area contributed by atoms with E-state index in [0.29, 0.717) is 0 Å². The quantitative estimate of drug-likeness (QED) is 0.831. The zero-order valence-electron chi connectivity index (χ0n) is 15.0. The van der Waals surface area contributed by atoms with Crippen LogP contribution in [0.2, 0.25) is 0 Å². The second-order valence-electron chi connectivity index (χ2n) is 7.43. The second-order valence-corrected chi connectivity index (χ2v) is 7.43. The molecule has 0 bridgehead atoms. The first kappa shape index (κ1) is 16.4. The largest absolute Gasteiger partial charge is 0.353 e. The van der Waals surface area contributed by atoms with E-state index in [-0.39, 0.29) is 17.9 Å². The van der Waals surface area contributed by atoms with Crippen LogP contribution in [0, 0.1) is 0 Å². The van der Waals surface area contributed by atoms with E-state index in [1.807, 2.05) is 12.3 Å². The van der Waals surface area contributed by atoms with Gasteiger partial charge in [-0.2, -0.15) is 0 Å². The van der Waals surface area contributed by atoms with Gasteiger partial charge < -0.3 is 9.47 Å². The van der Waals surface area contributed by atoms with Crippen LogP contribution in [0.5, 0.6) is 0 Å². The number of aromatic nitrogens is 2. The van der Waals surface area contributed by atoms with Crippen molar-refractivity contribution in [2.75, 3.05) is 6.54 Å². The van der Waals surface area contributed by atoms with Gasteiger partial charge in [0.25, 0.3) is 0 Å². The third kappa shape index (κ3) is 3.10. The summed E-state index contributed by atoms with van der Waals surface area (Å²) in [7, 11) is 2.08. The molecule has 2 aromatic rings. The molecule has 25 heavy (non-hydrogen) atoms. The van der Waals surface area contributed by atoms with Crippen LogP contribution in [-0.4, -0.2) is 26.9 Å². The van der Waals surface area contributed by atoms with Gasteiger partial charge >= 0.3 is 0 Å². The average molecular weight is 337 g/mol. The number of likely N-dealkylation sites (tertiary alicyclic amines) is 1. The average Bonchev–Trinajstić information content (AvgIpc) is 2.92. The van der Waals surface area contributed by atoms with Gasteiger partial charge in [0.15, 0.2) is 0 Å². The molecule has 2 unspecified atom stereocenters. The van der Waals surface area contributed by atoms with Crippen molar-refractivity contribution < 1.29 is 4.79 Å². The molecule has 1 amide bonds. The zero-order chi connectivity index (χ0) is 17.2. The maximum atomic E-state index is 13.6. The first-order chi connectivity index (χ1) is 12.3. The molecule has 132 valence electrons. The lowest BCUT2D eigenvalue weighted by Gasteiger charge is -2.35. The minimum absolute atomic E-state index is 0.0641. The number of carbonyl (C=O) groups excluding carboxylic acids is 1. The fourth-order valence-electron chi connectivity index (χ4n) is 4.55. The molecule has 0 spiro atoms. The monoisotopic (exact) mass is 337 g/mol. The molecule has 4 heteroatoms. The lowest BCUT2D eigenvalue weighted by Crippen LogP contribution is -2.40. The number of fused-ring (bicyclic) bond motifs is 1. The summed E-state index contributed by atoms with van der Waals surface area (Å²) in [5.74, 6) is 0.221. The molecule has 0 saturated carbocycles. The van der Waals surface area contributed by atoms with Crippen LogP contribution in [0.3, 0.4) is 0 Å². The van der Waals surface area contributed by atoms with Crippen LogP contribution < -0.4 is 0 Å². The Balaban J connectivity index is 1.66. The number of rotatable bonds is 2. The van der Waals surface area contributed by atoms with E-state index in [9.17, 15) is 4.79 Å². The number of hydrogen-bond acceptors (Lipinski definition) is 2. The number of carbonyl (C=O) groups is 1. The van der Waals surface area contributed by atoms with E-state index in [1.165, 1.54) is 24.1 Å². The smallest absolute Gasteiger partial charge is 0.232 e. The summed E-state index contributed by atoms with van der Waals surface area (Å²) < 4.78 is 2.17. The normalized spacial score (nSPS) is 23.8. The van der Waals surface area contributed by atoms with Gasteiger partial charge in [-0.05, 0) is 55.9 Å². The third-order valence-electron chi connectivity index (χ3n) is 5.85. The van der Waals surface area contributed by atoms with Crippen molar-refractivity contribution in [3.8, 4) is 0 Å². The molecule has 2 aromatic heterocycles. The van der Waals surface area contributed by atoms with Gasteiger partial charge in [0.05, 0.1) is 17.7 Å². The maximum Gasteiger partial charge on any atom is 0.232 e. The van der Waals surface area contributed by atoms with E-state index in [2.05, 4.69) is 45.9 Å². The molecule has 1 aliphatic carbocycles. The summed E-state index contributed by atoms with van der Waals surface area (Å²) in [6.45, 7) is 0.868. The van der Waals surface area contributed by atoms with Crippen molar-refractivity contribution in [1.82, 2.24) is 14.5 Å². The van der Waals surface area contributed by atoms with Gasteiger partial charge in [0.2, 0.25) is 5.91 Å². The van der Waals surface area contributed by atoms with Gasteiger partial charge in [0.1, 0.15) is 0 Å². The highest BCUT2D eigenvalue weighted by atomic mass is 16.2. The molecule has 1 aliphatic heterocycles. The Morgan fingerprint density at radius 2 is 2.04 bits per heavy atom. The van der Waals surface area contributed by atoms with Crippen LogP contribution in [0.4, 0.5) is 0 Å². The molecule has 0 aromatic carbocycles. The Bertz CT molecular complexity index is 751. The first-order valence-electron chi connectivity index (χ1n) is 9.61. The van der Waals surface area contributed by atoms with E-state index in [4.69, 9.17) is 0 Å². The fourth-order valence-corrected chi connectivity index (χ4v) is 4.55. The van der Waals surface area contributed by atoms with Crippen molar-refractivity contribution >= 4 is 5.91 Å². The van der Waals surface area contributed by atoms with Crippen LogP contribution in [-0.2, 0) is 18.3 Å². The van der Waals surface area contributed by atoms with Crippen LogP contribution in [0.15, 0.2) is 36.7 Å². The number of aryl methyl sites for hydroxylation is 2. The molecule has 2 aliphatic rings. The van der Waals surface area contributed by atoms with E-state index in [0.717, 1.165) is 44.3 Å². The maximum absolute atomic E-state index is 13.6. The lowest BCUT2D eigenvalue weighted by atomic mass is 9.85. The number of pyridine rings is 1. The number of nitrogens with zero attached hydrogens (tertiary/aromatic N) is 3. The molecular formula is C21H27N3O. The minimum Gasteiger partial charge on any atom is -0.353 e.